The minimum atomic E-state index is -0.185. The highest BCUT2D eigenvalue weighted by Gasteiger charge is 2.18. The van der Waals surface area contributed by atoms with Gasteiger partial charge >= 0.3 is 0 Å². The lowest BCUT2D eigenvalue weighted by molar-refractivity contribution is -0.118. The second-order valence-electron chi connectivity index (χ2n) is 10.2. The Labute approximate surface area is 258 Å². The first kappa shape index (κ1) is 31.7. The SMILES string of the molecule is CCN(C(=O)c1cccc(NC(=O)CCCCC(=O)Nc2cccc(C(=O)N(CC)c3ccccc3)c2)c1)c1ccccc1. The number of unbranched alkanes of at least 4 members (excludes halogenated alkanes) is 1. The molecule has 0 atom stereocenters. The molecule has 0 saturated heterocycles. The summed E-state index contributed by atoms with van der Waals surface area (Å²) < 4.78 is 0. The number of amides is 4. The fourth-order valence-corrected chi connectivity index (χ4v) is 4.89. The molecular formula is C36H38N4O4. The van der Waals surface area contributed by atoms with Crippen LogP contribution in [0.1, 0.15) is 60.2 Å². The number of para-hydroxylation sites is 2. The van der Waals surface area contributed by atoms with Gasteiger partial charge in [0.1, 0.15) is 0 Å². The summed E-state index contributed by atoms with van der Waals surface area (Å²) >= 11 is 0. The number of nitrogens with one attached hydrogen (secondary N) is 2. The summed E-state index contributed by atoms with van der Waals surface area (Å²) in [7, 11) is 0. The van der Waals surface area contributed by atoms with Gasteiger partial charge in [0.2, 0.25) is 11.8 Å². The first-order valence-corrected chi connectivity index (χ1v) is 14.9. The summed E-state index contributed by atoms with van der Waals surface area (Å²) in [4.78, 5) is 54.8. The van der Waals surface area contributed by atoms with E-state index in [1.807, 2.05) is 74.5 Å². The van der Waals surface area contributed by atoms with Crippen molar-refractivity contribution in [3.05, 3.63) is 120 Å². The summed E-state index contributed by atoms with van der Waals surface area (Å²) in [6.07, 6.45) is 1.53. The third-order valence-electron chi connectivity index (χ3n) is 7.10. The van der Waals surface area contributed by atoms with E-state index in [1.54, 1.807) is 58.3 Å². The first-order chi connectivity index (χ1) is 21.4. The van der Waals surface area contributed by atoms with E-state index in [4.69, 9.17) is 0 Å². The molecule has 2 N–H and O–H groups in total. The first-order valence-electron chi connectivity index (χ1n) is 14.9. The Bertz CT molecular complexity index is 1450. The van der Waals surface area contributed by atoms with E-state index < -0.39 is 0 Å². The van der Waals surface area contributed by atoms with Crippen LogP contribution in [0.5, 0.6) is 0 Å². The maximum absolute atomic E-state index is 13.1. The average molecular weight is 591 g/mol. The second-order valence-corrected chi connectivity index (χ2v) is 10.2. The molecule has 0 spiro atoms. The molecule has 0 aliphatic rings. The third-order valence-corrected chi connectivity index (χ3v) is 7.10. The molecule has 8 nitrogen and oxygen atoms in total. The molecule has 0 saturated carbocycles. The molecule has 0 aromatic heterocycles. The number of hydrogen-bond donors (Lipinski definition) is 2. The number of benzene rings is 4. The third kappa shape index (κ3) is 8.64. The van der Waals surface area contributed by atoms with Gasteiger partial charge < -0.3 is 20.4 Å². The van der Waals surface area contributed by atoms with Crippen molar-refractivity contribution in [1.29, 1.82) is 0 Å². The van der Waals surface area contributed by atoms with Crippen LogP contribution in [0.25, 0.3) is 0 Å². The predicted molar refractivity (Wildman–Crippen MR) is 176 cm³/mol. The van der Waals surface area contributed by atoms with Gasteiger partial charge in [0, 0.05) is 59.8 Å². The molecule has 0 unspecified atom stereocenters. The zero-order chi connectivity index (χ0) is 31.3. The van der Waals surface area contributed by atoms with Crippen LogP contribution in [0.4, 0.5) is 22.7 Å². The Balaban J connectivity index is 1.23. The van der Waals surface area contributed by atoms with Gasteiger partial charge in [0.25, 0.3) is 11.8 Å². The van der Waals surface area contributed by atoms with E-state index in [2.05, 4.69) is 10.6 Å². The Morgan fingerprint density at radius 1 is 0.523 bits per heavy atom. The highest BCUT2D eigenvalue weighted by molar-refractivity contribution is 6.08. The lowest BCUT2D eigenvalue weighted by Gasteiger charge is -2.21. The van der Waals surface area contributed by atoms with Crippen molar-refractivity contribution >= 4 is 46.4 Å². The number of hydrogen-bond acceptors (Lipinski definition) is 4. The van der Waals surface area contributed by atoms with E-state index in [-0.39, 0.29) is 36.5 Å². The van der Waals surface area contributed by atoms with Crippen LogP contribution < -0.4 is 20.4 Å². The van der Waals surface area contributed by atoms with E-state index >= 15 is 0 Å². The zero-order valence-corrected chi connectivity index (χ0v) is 25.2. The van der Waals surface area contributed by atoms with Crippen LogP contribution in [0, 0.1) is 0 Å². The normalized spacial score (nSPS) is 10.5. The second kappa shape index (κ2) is 15.8. The molecule has 4 aromatic carbocycles. The van der Waals surface area contributed by atoms with Crippen LogP contribution in [0.2, 0.25) is 0 Å². The van der Waals surface area contributed by atoms with E-state index in [9.17, 15) is 19.2 Å². The molecule has 0 radical (unpaired) electrons. The van der Waals surface area contributed by atoms with Crippen molar-refractivity contribution < 1.29 is 19.2 Å². The van der Waals surface area contributed by atoms with Crippen molar-refractivity contribution in [1.82, 2.24) is 0 Å². The quantitative estimate of drug-likeness (QED) is 0.162. The smallest absolute Gasteiger partial charge is 0.258 e. The molecule has 4 amide bonds. The van der Waals surface area contributed by atoms with Gasteiger partial charge in [-0.05, 0) is 87.4 Å². The number of nitrogens with zero attached hydrogens (tertiary/aromatic N) is 2. The molecule has 8 heteroatoms. The lowest BCUT2D eigenvalue weighted by atomic mass is 10.1. The Morgan fingerprint density at radius 3 is 1.27 bits per heavy atom. The van der Waals surface area contributed by atoms with Gasteiger partial charge in [-0.15, -0.1) is 0 Å². The summed E-state index contributed by atoms with van der Waals surface area (Å²) in [5, 5.41) is 5.72. The lowest BCUT2D eigenvalue weighted by Crippen LogP contribution is -2.30. The Hall–Kier alpha value is -5.24. The van der Waals surface area contributed by atoms with Crippen LogP contribution in [-0.2, 0) is 9.59 Å². The van der Waals surface area contributed by atoms with Crippen molar-refractivity contribution in [2.45, 2.75) is 39.5 Å². The molecule has 0 aliphatic carbocycles. The van der Waals surface area contributed by atoms with Gasteiger partial charge in [-0.3, -0.25) is 19.2 Å². The molecule has 4 aromatic rings. The topological polar surface area (TPSA) is 98.8 Å². The van der Waals surface area contributed by atoms with Crippen molar-refractivity contribution in [3.63, 3.8) is 0 Å². The highest BCUT2D eigenvalue weighted by Crippen LogP contribution is 2.21. The minimum Gasteiger partial charge on any atom is -0.326 e. The molecular weight excluding hydrogens is 552 g/mol. The average Bonchev–Trinajstić information content (AvgIpc) is 3.05. The number of anilines is 4. The van der Waals surface area contributed by atoms with Crippen LogP contribution in [0.15, 0.2) is 109 Å². The van der Waals surface area contributed by atoms with Gasteiger partial charge in [0.15, 0.2) is 0 Å². The van der Waals surface area contributed by atoms with Crippen molar-refractivity contribution in [2.24, 2.45) is 0 Å². The minimum absolute atomic E-state index is 0.144. The van der Waals surface area contributed by atoms with Crippen molar-refractivity contribution in [3.8, 4) is 0 Å². The monoisotopic (exact) mass is 590 g/mol. The fraction of sp³-hybridized carbons (Fsp3) is 0.222. The molecule has 0 fully saturated rings. The van der Waals surface area contributed by atoms with E-state index in [1.165, 1.54) is 0 Å². The molecule has 0 heterocycles. The summed E-state index contributed by atoms with van der Waals surface area (Å²) in [6.45, 7) is 4.87. The Morgan fingerprint density at radius 2 is 0.909 bits per heavy atom. The summed E-state index contributed by atoms with van der Waals surface area (Å²) in [5.41, 5.74) is 3.69. The van der Waals surface area contributed by atoms with Crippen LogP contribution in [0.3, 0.4) is 0 Å². The van der Waals surface area contributed by atoms with E-state index in [0.29, 0.717) is 48.4 Å². The zero-order valence-electron chi connectivity index (χ0n) is 25.2. The number of carbonyl (C=O) groups excluding carboxylic acids is 4. The maximum Gasteiger partial charge on any atom is 0.258 e. The predicted octanol–water partition coefficient (Wildman–Crippen LogP) is 7.16. The largest absolute Gasteiger partial charge is 0.326 e. The molecule has 0 aliphatic heterocycles. The number of carbonyl (C=O) groups is 4. The van der Waals surface area contributed by atoms with Gasteiger partial charge in [0.05, 0.1) is 0 Å². The number of rotatable bonds is 13. The molecule has 4 rings (SSSR count). The van der Waals surface area contributed by atoms with Gasteiger partial charge in [-0.25, -0.2) is 0 Å². The van der Waals surface area contributed by atoms with Crippen LogP contribution >= 0.6 is 0 Å². The molecule has 226 valence electrons. The summed E-state index contributed by atoms with van der Waals surface area (Å²) in [6, 6.07) is 32.7. The molecule has 0 bridgehead atoms. The Kier molecular flexibility index (Phi) is 11.4. The van der Waals surface area contributed by atoms with E-state index in [0.717, 1.165) is 11.4 Å². The van der Waals surface area contributed by atoms with Gasteiger partial charge in [-0.1, -0.05) is 48.5 Å². The summed E-state index contributed by atoms with van der Waals surface area (Å²) in [5.74, 6) is -0.657. The highest BCUT2D eigenvalue weighted by atomic mass is 16.2. The fourth-order valence-electron chi connectivity index (χ4n) is 4.89. The standard InChI is InChI=1S/C36H38N4O4/c1-3-39(31-19-7-5-8-20-31)35(43)27-15-13-17-29(25-27)37-33(41)23-11-12-24-34(42)38-30-18-14-16-28(26-30)36(44)40(4-2)32-21-9-6-10-22-32/h5-10,13-22,25-26H,3-4,11-12,23-24H2,1-2H3,(H,37,41)(H,38,42). The maximum atomic E-state index is 13.1. The van der Waals surface area contributed by atoms with Crippen molar-refractivity contribution in [2.75, 3.05) is 33.5 Å². The van der Waals surface area contributed by atoms with Gasteiger partial charge in [-0.2, -0.15) is 0 Å². The molecule has 44 heavy (non-hydrogen) atoms. The van der Waals surface area contributed by atoms with Crippen LogP contribution in [-0.4, -0.2) is 36.7 Å².